The van der Waals surface area contributed by atoms with Crippen molar-refractivity contribution in [2.45, 2.75) is 65.5 Å². The highest BCUT2D eigenvalue weighted by atomic mass is 35.5. The van der Waals surface area contributed by atoms with E-state index in [0.29, 0.717) is 36.7 Å². The first-order chi connectivity index (χ1) is 14.9. The van der Waals surface area contributed by atoms with Gasteiger partial charge in [-0.2, -0.15) is 0 Å². The number of hydrogen-bond acceptors (Lipinski definition) is 5. The van der Waals surface area contributed by atoms with E-state index in [1.165, 1.54) is 0 Å². The molecular formula is C23H34ClN3O5. The van der Waals surface area contributed by atoms with Crippen molar-refractivity contribution in [3.63, 3.8) is 0 Å². The Bertz CT molecular complexity index is 806. The Morgan fingerprint density at radius 3 is 2.28 bits per heavy atom. The molecule has 9 heteroatoms. The second kappa shape index (κ2) is 11.4. The third kappa shape index (κ3) is 8.57. The molecule has 0 aliphatic carbocycles. The average Bonchev–Trinajstić information content (AvgIpc) is 2.69. The number of piperidine rings is 1. The molecule has 0 unspecified atom stereocenters. The lowest BCUT2D eigenvalue weighted by molar-refractivity contribution is -0.132. The van der Waals surface area contributed by atoms with Crippen molar-refractivity contribution < 1.29 is 23.9 Å². The van der Waals surface area contributed by atoms with Crippen LogP contribution >= 0.6 is 11.6 Å². The average molecular weight is 468 g/mol. The van der Waals surface area contributed by atoms with Crippen LogP contribution in [0.1, 0.15) is 51.2 Å². The molecule has 2 N–H and O–H groups in total. The summed E-state index contributed by atoms with van der Waals surface area (Å²) >= 11 is 6.15. The van der Waals surface area contributed by atoms with E-state index in [9.17, 15) is 14.4 Å². The maximum absolute atomic E-state index is 12.3. The lowest BCUT2D eigenvalue weighted by Gasteiger charge is -2.32. The van der Waals surface area contributed by atoms with Gasteiger partial charge in [0.25, 0.3) is 5.91 Å². The predicted molar refractivity (Wildman–Crippen MR) is 123 cm³/mol. The Morgan fingerprint density at radius 1 is 1.12 bits per heavy atom. The summed E-state index contributed by atoms with van der Waals surface area (Å²) in [7, 11) is 0. The van der Waals surface area contributed by atoms with Gasteiger partial charge in [-0.15, -0.1) is 0 Å². The zero-order chi connectivity index (χ0) is 23.9. The van der Waals surface area contributed by atoms with Gasteiger partial charge in [0.2, 0.25) is 5.91 Å². The molecule has 32 heavy (non-hydrogen) atoms. The van der Waals surface area contributed by atoms with Crippen LogP contribution in [-0.2, 0) is 14.3 Å². The lowest BCUT2D eigenvalue weighted by Crippen LogP contribution is -2.48. The van der Waals surface area contributed by atoms with Crippen LogP contribution in [-0.4, -0.2) is 60.7 Å². The summed E-state index contributed by atoms with van der Waals surface area (Å²) in [6.45, 7) is 10.4. The molecule has 8 nitrogen and oxygen atoms in total. The van der Waals surface area contributed by atoms with E-state index < -0.39 is 11.7 Å². The molecule has 2 rings (SSSR count). The molecule has 1 saturated heterocycles. The van der Waals surface area contributed by atoms with Crippen molar-refractivity contribution in [1.82, 2.24) is 15.5 Å². The fourth-order valence-corrected chi connectivity index (χ4v) is 3.53. The topological polar surface area (TPSA) is 97.0 Å². The van der Waals surface area contributed by atoms with Crippen LogP contribution in [0.5, 0.6) is 5.75 Å². The summed E-state index contributed by atoms with van der Waals surface area (Å²) in [5, 5.41) is 6.26. The number of hydrogen-bond donors (Lipinski definition) is 2. The maximum Gasteiger partial charge on any atom is 0.407 e. The van der Waals surface area contributed by atoms with Gasteiger partial charge >= 0.3 is 6.09 Å². The van der Waals surface area contributed by atoms with Crippen LogP contribution in [0.15, 0.2) is 12.1 Å². The molecule has 3 amide bonds. The largest absolute Gasteiger partial charge is 0.484 e. The molecule has 1 aliphatic heterocycles. The Kier molecular flexibility index (Phi) is 9.19. The molecule has 1 aromatic rings. The number of rotatable bonds is 7. The Balaban J connectivity index is 1.66. The standard InChI is InChI=1S/C23H34ClN3O5/c1-15-12-18(13-16(2)21(15)24)31-14-19(28)26-17-7-10-27(11-8-17)20(29)6-9-25-22(30)32-23(3,4)5/h12-13,17H,6-11,14H2,1-5H3,(H,25,30)(H,26,28). The van der Waals surface area contributed by atoms with Gasteiger partial charge < -0.3 is 25.0 Å². The molecule has 0 aromatic heterocycles. The quantitative estimate of drug-likeness (QED) is 0.640. The van der Waals surface area contributed by atoms with Gasteiger partial charge in [-0.1, -0.05) is 11.6 Å². The molecular weight excluding hydrogens is 434 g/mol. The minimum Gasteiger partial charge on any atom is -0.484 e. The van der Waals surface area contributed by atoms with E-state index in [0.717, 1.165) is 11.1 Å². The highest BCUT2D eigenvalue weighted by molar-refractivity contribution is 6.32. The molecule has 1 aliphatic rings. The molecule has 1 aromatic carbocycles. The number of benzene rings is 1. The predicted octanol–water partition coefficient (Wildman–Crippen LogP) is 3.36. The van der Waals surface area contributed by atoms with E-state index in [-0.39, 0.29) is 37.4 Å². The molecule has 1 fully saturated rings. The van der Waals surface area contributed by atoms with Crippen molar-refractivity contribution in [3.05, 3.63) is 28.3 Å². The monoisotopic (exact) mass is 467 g/mol. The first-order valence-corrected chi connectivity index (χ1v) is 11.3. The Labute approximate surface area is 195 Å². The van der Waals surface area contributed by atoms with Crippen molar-refractivity contribution in [1.29, 1.82) is 0 Å². The second-order valence-electron chi connectivity index (χ2n) is 9.06. The minimum atomic E-state index is -0.571. The van der Waals surface area contributed by atoms with E-state index >= 15 is 0 Å². The molecule has 0 radical (unpaired) electrons. The van der Waals surface area contributed by atoms with Crippen LogP contribution in [0.2, 0.25) is 5.02 Å². The summed E-state index contributed by atoms with van der Waals surface area (Å²) < 4.78 is 10.7. The van der Waals surface area contributed by atoms with E-state index in [1.54, 1.807) is 25.7 Å². The third-order valence-electron chi connectivity index (χ3n) is 5.00. The fraction of sp³-hybridized carbons (Fsp3) is 0.609. The number of nitrogens with zero attached hydrogens (tertiary/aromatic N) is 1. The van der Waals surface area contributed by atoms with Crippen molar-refractivity contribution >= 4 is 29.5 Å². The molecule has 1 heterocycles. The SMILES string of the molecule is Cc1cc(OCC(=O)NC2CCN(C(=O)CCNC(=O)OC(C)(C)C)CC2)cc(C)c1Cl. The number of carbonyl (C=O) groups is 3. The smallest absolute Gasteiger partial charge is 0.407 e. The zero-order valence-corrected chi connectivity index (χ0v) is 20.3. The van der Waals surface area contributed by atoms with Crippen LogP contribution < -0.4 is 15.4 Å². The minimum absolute atomic E-state index is 0.00345. The van der Waals surface area contributed by atoms with E-state index in [1.807, 2.05) is 26.0 Å². The Morgan fingerprint density at radius 2 is 1.72 bits per heavy atom. The molecule has 178 valence electrons. The number of amides is 3. The van der Waals surface area contributed by atoms with Gasteiger partial charge in [0.1, 0.15) is 11.4 Å². The second-order valence-corrected chi connectivity index (χ2v) is 9.44. The highest BCUT2D eigenvalue weighted by Gasteiger charge is 2.24. The first-order valence-electron chi connectivity index (χ1n) is 10.9. The van der Waals surface area contributed by atoms with Gasteiger partial charge in [-0.3, -0.25) is 9.59 Å². The van der Waals surface area contributed by atoms with Gasteiger partial charge in [-0.25, -0.2) is 4.79 Å². The zero-order valence-electron chi connectivity index (χ0n) is 19.5. The summed E-state index contributed by atoms with van der Waals surface area (Å²) in [4.78, 5) is 38.0. The number of ether oxygens (including phenoxy) is 2. The summed E-state index contributed by atoms with van der Waals surface area (Å²) in [5.74, 6) is 0.393. The number of aryl methyl sites for hydroxylation is 2. The number of nitrogens with one attached hydrogen (secondary N) is 2. The number of likely N-dealkylation sites (tertiary alicyclic amines) is 1. The van der Waals surface area contributed by atoms with E-state index in [2.05, 4.69) is 10.6 Å². The number of alkyl carbamates (subject to hydrolysis) is 1. The van der Waals surface area contributed by atoms with Crippen LogP contribution in [0.4, 0.5) is 4.79 Å². The van der Waals surface area contributed by atoms with E-state index in [4.69, 9.17) is 21.1 Å². The van der Waals surface area contributed by atoms with Crippen molar-refractivity contribution in [2.24, 2.45) is 0 Å². The molecule has 0 bridgehead atoms. The fourth-order valence-electron chi connectivity index (χ4n) is 3.42. The summed E-state index contributed by atoms with van der Waals surface area (Å²) in [6, 6.07) is 3.62. The van der Waals surface area contributed by atoms with Crippen molar-refractivity contribution in [2.75, 3.05) is 26.2 Å². The van der Waals surface area contributed by atoms with Crippen molar-refractivity contribution in [3.8, 4) is 5.75 Å². The molecule has 0 spiro atoms. The van der Waals surface area contributed by atoms with Gasteiger partial charge in [0.15, 0.2) is 6.61 Å². The third-order valence-corrected chi connectivity index (χ3v) is 5.60. The Hall–Kier alpha value is -2.48. The summed E-state index contributed by atoms with van der Waals surface area (Å²) in [6.07, 6.45) is 1.04. The van der Waals surface area contributed by atoms with Gasteiger partial charge in [0.05, 0.1) is 0 Å². The lowest BCUT2D eigenvalue weighted by atomic mass is 10.0. The molecule has 0 saturated carbocycles. The first kappa shape index (κ1) is 25.8. The number of carbonyl (C=O) groups excluding carboxylic acids is 3. The highest BCUT2D eigenvalue weighted by Crippen LogP contribution is 2.25. The van der Waals surface area contributed by atoms with Crippen LogP contribution in [0.3, 0.4) is 0 Å². The van der Waals surface area contributed by atoms with Gasteiger partial charge in [0, 0.05) is 37.1 Å². The van der Waals surface area contributed by atoms with Gasteiger partial charge in [-0.05, 0) is 70.7 Å². The maximum atomic E-state index is 12.3. The van der Waals surface area contributed by atoms with Crippen LogP contribution in [0.25, 0.3) is 0 Å². The molecule has 0 atom stereocenters. The van der Waals surface area contributed by atoms with Crippen LogP contribution in [0, 0.1) is 13.8 Å². The normalized spacial score (nSPS) is 14.6. The summed E-state index contributed by atoms with van der Waals surface area (Å²) in [5.41, 5.74) is 1.24. The number of halogens is 1.